The van der Waals surface area contributed by atoms with Gasteiger partial charge in [-0.2, -0.15) is 0 Å². The summed E-state index contributed by atoms with van der Waals surface area (Å²) < 4.78 is 5.15. The number of fused-ring (bicyclic) bond motifs is 1. The molecule has 0 aliphatic carbocycles. The normalized spacial score (nSPS) is 11.1. The number of aromatic amines is 1. The molecule has 130 valence electrons. The van der Waals surface area contributed by atoms with E-state index in [-0.39, 0.29) is 0 Å². The number of nitrogens with one attached hydrogen (secondary N) is 4. The molecule has 6 nitrogen and oxygen atoms in total. The summed E-state index contributed by atoms with van der Waals surface area (Å²) in [5.74, 6) is 0. The maximum atomic E-state index is 11.5. The first-order valence-electron chi connectivity index (χ1n) is 7.89. The number of rotatable bonds is 5. The van der Waals surface area contributed by atoms with Gasteiger partial charge in [-0.05, 0) is 50.7 Å². The van der Waals surface area contributed by atoms with Crippen LogP contribution in [0.25, 0.3) is 10.9 Å². The summed E-state index contributed by atoms with van der Waals surface area (Å²) in [6, 6.07) is 8.16. The van der Waals surface area contributed by atoms with Crippen LogP contribution in [0.3, 0.4) is 0 Å². The Labute approximate surface area is 147 Å². The molecule has 1 heterocycles. The maximum Gasteiger partial charge on any atom is 0.407 e. The van der Waals surface area contributed by atoms with Gasteiger partial charge in [0.05, 0.1) is 0 Å². The van der Waals surface area contributed by atoms with Crippen molar-refractivity contribution in [2.45, 2.75) is 32.9 Å². The Morgan fingerprint density at radius 2 is 1.92 bits per heavy atom. The van der Waals surface area contributed by atoms with Crippen LogP contribution in [0.5, 0.6) is 0 Å². The van der Waals surface area contributed by atoms with Gasteiger partial charge in [-0.25, -0.2) is 4.79 Å². The first kappa shape index (κ1) is 18.1. The van der Waals surface area contributed by atoms with Crippen molar-refractivity contribution in [1.29, 1.82) is 0 Å². The Morgan fingerprint density at radius 3 is 2.67 bits per heavy atom. The Hall–Kier alpha value is -2.28. The van der Waals surface area contributed by atoms with Gasteiger partial charge >= 0.3 is 6.09 Å². The highest BCUT2D eigenvalue weighted by Crippen LogP contribution is 2.16. The largest absolute Gasteiger partial charge is 0.444 e. The van der Waals surface area contributed by atoms with Gasteiger partial charge in [-0.1, -0.05) is 12.1 Å². The third-order valence-corrected chi connectivity index (χ3v) is 3.49. The van der Waals surface area contributed by atoms with Crippen LogP contribution in [0.2, 0.25) is 0 Å². The molecule has 2 rings (SSSR count). The van der Waals surface area contributed by atoms with Crippen molar-refractivity contribution in [1.82, 2.24) is 20.9 Å². The molecular formula is C17H24N4O2S. The Morgan fingerprint density at radius 1 is 1.17 bits per heavy atom. The lowest BCUT2D eigenvalue weighted by atomic mass is 10.1. The summed E-state index contributed by atoms with van der Waals surface area (Å²) >= 11 is 5.25. The van der Waals surface area contributed by atoms with Gasteiger partial charge in [0.15, 0.2) is 5.11 Å². The van der Waals surface area contributed by atoms with Crippen molar-refractivity contribution in [3.63, 3.8) is 0 Å². The number of hydrogen-bond donors (Lipinski definition) is 4. The van der Waals surface area contributed by atoms with Crippen molar-refractivity contribution < 1.29 is 9.53 Å². The Kier molecular flexibility index (Phi) is 6.03. The molecule has 0 spiro atoms. The van der Waals surface area contributed by atoms with E-state index in [1.165, 1.54) is 10.9 Å². The molecule has 7 heteroatoms. The third kappa shape index (κ3) is 5.73. The van der Waals surface area contributed by atoms with Crippen molar-refractivity contribution in [3.05, 3.63) is 36.0 Å². The number of carbonyl (C=O) groups is 1. The van der Waals surface area contributed by atoms with Crippen LogP contribution < -0.4 is 16.0 Å². The van der Waals surface area contributed by atoms with E-state index in [2.05, 4.69) is 27.0 Å². The van der Waals surface area contributed by atoms with Crippen LogP contribution >= 0.6 is 12.2 Å². The average molecular weight is 348 g/mol. The minimum Gasteiger partial charge on any atom is -0.444 e. The summed E-state index contributed by atoms with van der Waals surface area (Å²) in [6.07, 6.45) is 1.50. The van der Waals surface area contributed by atoms with Gasteiger partial charge in [-0.15, -0.1) is 0 Å². The second-order valence-electron chi connectivity index (χ2n) is 6.39. The predicted molar refractivity (Wildman–Crippen MR) is 100.0 cm³/mol. The number of H-pyrrole nitrogens is 1. The molecule has 0 fully saturated rings. The summed E-state index contributed by atoms with van der Waals surface area (Å²) in [7, 11) is 0. The van der Waals surface area contributed by atoms with Crippen LogP contribution in [0.4, 0.5) is 4.79 Å². The van der Waals surface area contributed by atoms with E-state index in [4.69, 9.17) is 17.0 Å². The highest BCUT2D eigenvalue weighted by molar-refractivity contribution is 7.80. The Bertz CT molecular complexity index is 706. The highest BCUT2D eigenvalue weighted by atomic mass is 32.1. The molecule has 24 heavy (non-hydrogen) atoms. The topological polar surface area (TPSA) is 78.2 Å². The van der Waals surface area contributed by atoms with Gasteiger partial charge in [0.2, 0.25) is 0 Å². The second-order valence-corrected chi connectivity index (χ2v) is 6.80. The monoisotopic (exact) mass is 348 g/mol. The molecule has 0 saturated heterocycles. The number of aromatic nitrogens is 1. The second kappa shape index (κ2) is 8.01. The molecule has 0 aliphatic rings. The SMILES string of the molecule is CC(C)(C)OC(=O)NCCNC(=S)NCc1cccc2[nH]ccc12. The number of carbonyl (C=O) groups excluding carboxylic acids is 1. The average Bonchev–Trinajstić information content (AvgIpc) is 2.96. The number of hydrogen-bond acceptors (Lipinski definition) is 3. The fraction of sp³-hybridized carbons (Fsp3) is 0.412. The molecular weight excluding hydrogens is 324 g/mol. The number of benzene rings is 1. The van der Waals surface area contributed by atoms with E-state index in [9.17, 15) is 4.79 Å². The molecule has 1 amide bonds. The summed E-state index contributed by atoms with van der Waals surface area (Å²) in [4.78, 5) is 14.7. The molecule has 1 aromatic heterocycles. The van der Waals surface area contributed by atoms with E-state index < -0.39 is 11.7 Å². The molecule has 0 radical (unpaired) electrons. The van der Waals surface area contributed by atoms with Crippen molar-refractivity contribution in [2.24, 2.45) is 0 Å². The molecule has 0 atom stereocenters. The minimum atomic E-state index is -0.492. The van der Waals surface area contributed by atoms with Gasteiger partial charge in [0.1, 0.15) is 5.60 Å². The highest BCUT2D eigenvalue weighted by Gasteiger charge is 2.15. The lowest BCUT2D eigenvalue weighted by molar-refractivity contribution is 0.0529. The summed E-state index contributed by atoms with van der Waals surface area (Å²) in [6.45, 7) is 7.09. The zero-order chi connectivity index (χ0) is 17.6. The van der Waals surface area contributed by atoms with Crippen LogP contribution in [0, 0.1) is 0 Å². The van der Waals surface area contributed by atoms with Crippen LogP contribution in [-0.4, -0.2) is 34.9 Å². The number of alkyl carbamates (subject to hydrolysis) is 1. The number of amides is 1. The maximum absolute atomic E-state index is 11.5. The predicted octanol–water partition coefficient (Wildman–Crippen LogP) is 2.66. The lowest BCUT2D eigenvalue weighted by Crippen LogP contribution is -2.41. The van der Waals surface area contributed by atoms with Gasteiger partial charge < -0.3 is 25.7 Å². The minimum absolute atomic E-state index is 0.428. The summed E-state index contributed by atoms with van der Waals surface area (Å²) in [5.41, 5.74) is 1.78. The van der Waals surface area contributed by atoms with E-state index in [0.29, 0.717) is 24.7 Å². The van der Waals surface area contributed by atoms with Gasteiger partial charge in [-0.3, -0.25) is 0 Å². The quantitative estimate of drug-likeness (QED) is 0.494. The molecule has 2 aromatic rings. The van der Waals surface area contributed by atoms with Crippen LogP contribution in [0.1, 0.15) is 26.3 Å². The lowest BCUT2D eigenvalue weighted by Gasteiger charge is -2.19. The van der Waals surface area contributed by atoms with E-state index in [0.717, 1.165) is 5.52 Å². The van der Waals surface area contributed by atoms with E-state index in [1.807, 2.05) is 45.2 Å². The zero-order valence-electron chi connectivity index (χ0n) is 14.2. The zero-order valence-corrected chi connectivity index (χ0v) is 15.0. The third-order valence-electron chi connectivity index (χ3n) is 3.20. The number of thiocarbonyl (C=S) groups is 1. The van der Waals surface area contributed by atoms with Crippen LogP contribution in [-0.2, 0) is 11.3 Å². The van der Waals surface area contributed by atoms with E-state index >= 15 is 0 Å². The number of ether oxygens (including phenoxy) is 1. The molecule has 0 unspecified atom stereocenters. The molecule has 0 saturated carbocycles. The fourth-order valence-electron chi connectivity index (χ4n) is 2.20. The smallest absolute Gasteiger partial charge is 0.407 e. The summed E-state index contributed by atoms with van der Waals surface area (Å²) in [5, 5.41) is 10.6. The van der Waals surface area contributed by atoms with Crippen molar-refractivity contribution in [2.75, 3.05) is 13.1 Å². The standard InChI is InChI=1S/C17H24N4O2S/c1-17(2,3)23-16(22)20-10-9-19-15(24)21-11-12-5-4-6-14-13(12)7-8-18-14/h4-8,18H,9-11H2,1-3H3,(H,20,22)(H2,19,21,24). The van der Waals surface area contributed by atoms with Crippen LogP contribution in [0.15, 0.2) is 30.5 Å². The molecule has 1 aromatic carbocycles. The Balaban J connectivity index is 1.67. The van der Waals surface area contributed by atoms with Gasteiger partial charge in [0, 0.05) is 36.7 Å². The fourth-order valence-corrected chi connectivity index (χ4v) is 2.37. The first-order valence-corrected chi connectivity index (χ1v) is 8.29. The van der Waals surface area contributed by atoms with Crippen molar-refractivity contribution >= 4 is 34.3 Å². The van der Waals surface area contributed by atoms with E-state index in [1.54, 1.807) is 0 Å². The molecule has 0 bridgehead atoms. The van der Waals surface area contributed by atoms with Crippen molar-refractivity contribution in [3.8, 4) is 0 Å². The molecule has 0 aliphatic heterocycles. The first-order chi connectivity index (χ1) is 11.3. The molecule has 4 N–H and O–H groups in total. The van der Waals surface area contributed by atoms with Gasteiger partial charge in [0.25, 0.3) is 0 Å².